The Morgan fingerprint density at radius 3 is 2.58 bits per heavy atom. The van der Waals surface area contributed by atoms with E-state index in [9.17, 15) is 9.59 Å². The average molecular weight is 372 g/mol. The number of H-pyrrole nitrogens is 2. The normalized spacial score (nSPS) is 10.7. The Hall–Kier alpha value is -3.20. The molecule has 0 spiro atoms. The summed E-state index contributed by atoms with van der Waals surface area (Å²) < 4.78 is 10.4. The number of esters is 1. The number of anilines is 1. The van der Waals surface area contributed by atoms with Crippen LogP contribution in [0, 0.1) is 4.77 Å². The molecule has 0 atom stereocenters. The summed E-state index contributed by atoms with van der Waals surface area (Å²) in [5.74, 6) is -0.0869. The maximum Gasteiger partial charge on any atom is 0.342 e. The van der Waals surface area contributed by atoms with Crippen LogP contribution in [0.15, 0.2) is 29.1 Å². The number of nitrogens with one attached hydrogen (secondary N) is 2. The summed E-state index contributed by atoms with van der Waals surface area (Å²) in [6, 6.07) is 6.87. The van der Waals surface area contributed by atoms with Gasteiger partial charge in [0, 0.05) is 5.56 Å². The van der Waals surface area contributed by atoms with Gasteiger partial charge in [-0.1, -0.05) is 12.1 Å². The first-order valence-electron chi connectivity index (χ1n) is 7.73. The minimum absolute atomic E-state index is 0.0283. The molecule has 3 aromatic rings. The number of aromatic amines is 2. The van der Waals surface area contributed by atoms with Crippen LogP contribution in [0.5, 0.6) is 5.75 Å². The molecule has 0 amide bonds. The number of nitrogen functional groups attached to an aromatic ring is 1. The summed E-state index contributed by atoms with van der Waals surface area (Å²) in [6.07, 6.45) is 0. The third kappa shape index (κ3) is 3.04. The first-order valence-corrected chi connectivity index (χ1v) is 8.14. The Balaban J connectivity index is 2.45. The maximum atomic E-state index is 12.6. The molecule has 2 heterocycles. The number of aromatic nitrogens is 3. The number of carbonyl (C=O) groups excluding carboxylic acids is 1. The number of rotatable bonds is 4. The van der Waals surface area contributed by atoms with Gasteiger partial charge in [-0.3, -0.25) is 9.78 Å². The van der Waals surface area contributed by atoms with Gasteiger partial charge in [0.05, 0.1) is 19.1 Å². The van der Waals surface area contributed by atoms with Crippen molar-refractivity contribution in [1.82, 2.24) is 15.0 Å². The van der Waals surface area contributed by atoms with Crippen molar-refractivity contribution in [2.75, 3.05) is 19.5 Å². The van der Waals surface area contributed by atoms with Crippen molar-refractivity contribution in [3.8, 4) is 16.9 Å². The number of methoxy groups -OCH3 is 1. The Morgan fingerprint density at radius 1 is 1.27 bits per heavy atom. The van der Waals surface area contributed by atoms with E-state index in [1.807, 2.05) is 0 Å². The number of hydrogen-bond donors (Lipinski definition) is 3. The molecule has 9 heteroatoms. The molecular formula is C17H16N4O4S. The second kappa shape index (κ2) is 6.96. The van der Waals surface area contributed by atoms with Gasteiger partial charge in [0.1, 0.15) is 22.8 Å². The molecule has 0 aliphatic heterocycles. The zero-order chi connectivity index (χ0) is 18.8. The molecule has 3 rings (SSSR count). The number of hydrogen-bond acceptors (Lipinski definition) is 7. The highest BCUT2D eigenvalue weighted by Crippen LogP contribution is 2.33. The number of nitrogens with two attached hydrogens (primary N) is 1. The molecule has 1 aromatic carbocycles. The molecule has 26 heavy (non-hydrogen) atoms. The summed E-state index contributed by atoms with van der Waals surface area (Å²) in [5.41, 5.74) is 6.66. The fourth-order valence-corrected chi connectivity index (χ4v) is 2.87. The number of pyridine rings is 1. The number of carbonyl (C=O) groups is 1. The molecule has 0 bridgehead atoms. The lowest BCUT2D eigenvalue weighted by molar-refractivity contribution is 0.0528. The minimum Gasteiger partial charge on any atom is -0.497 e. The SMILES string of the molecule is CCOC(=O)c1c(N)nc2[nH]c(=S)[nH]c(=O)c2c1-c1ccc(OC)cc1. The van der Waals surface area contributed by atoms with Crippen LogP contribution in [-0.4, -0.2) is 34.6 Å². The van der Waals surface area contributed by atoms with Gasteiger partial charge in [-0.05, 0) is 36.8 Å². The molecule has 2 aromatic heterocycles. The quantitative estimate of drug-likeness (QED) is 0.475. The maximum absolute atomic E-state index is 12.6. The predicted molar refractivity (Wildman–Crippen MR) is 99.9 cm³/mol. The Morgan fingerprint density at radius 2 is 1.96 bits per heavy atom. The van der Waals surface area contributed by atoms with Crippen LogP contribution < -0.4 is 16.0 Å². The van der Waals surface area contributed by atoms with Crippen LogP contribution in [0.2, 0.25) is 0 Å². The van der Waals surface area contributed by atoms with Gasteiger partial charge in [0.15, 0.2) is 4.77 Å². The second-order valence-electron chi connectivity index (χ2n) is 5.33. The van der Waals surface area contributed by atoms with Crippen LogP contribution in [0.1, 0.15) is 17.3 Å². The lowest BCUT2D eigenvalue weighted by Crippen LogP contribution is -2.17. The van der Waals surface area contributed by atoms with Gasteiger partial charge < -0.3 is 20.2 Å². The molecule has 0 saturated carbocycles. The summed E-state index contributed by atoms with van der Waals surface area (Å²) >= 11 is 4.99. The lowest BCUT2D eigenvalue weighted by Gasteiger charge is -2.14. The average Bonchev–Trinajstić information content (AvgIpc) is 2.60. The smallest absolute Gasteiger partial charge is 0.342 e. The van der Waals surface area contributed by atoms with Gasteiger partial charge in [-0.2, -0.15) is 0 Å². The largest absolute Gasteiger partial charge is 0.497 e. The highest BCUT2D eigenvalue weighted by molar-refractivity contribution is 7.71. The Labute approximate surface area is 153 Å². The molecule has 4 N–H and O–H groups in total. The zero-order valence-electron chi connectivity index (χ0n) is 14.1. The van der Waals surface area contributed by atoms with Crippen molar-refractivity contribution < 1.29 is 14.3 Å². The van der Waals surface area contributed by atoms with E-state index in [2.05, 4.69) is 15.0 Å². The highest BCUT2D eigenvalue weighted by Gasteiger charge is 2.24. The molecule has 0 aliphatic carbocycles. The van der Waals surface area contributed by atoms with Gasteiger partial charge in [-0.25, -0.2) is 9.78 Å². The van der Waals surface area contributed by atoms with Crippen LogP contribution in [-0.2, 0) is 4.74 Å². The standard InChI is InChI=1S/C17H16N4O4S/c1-3-25-16(23)11-10(8-4-6-9(24-2)7-5-8)12-14(19-13(11)18)20-17(26)21-15(12)22/h4-7H,3H2,1-2H3,(H4,18,19,20,21,22,26). The number of fused-ring (bicyclic) bond motifs is 1. The van der Waals surface area contributed by atoms with Crippen molar-refractivity contribution in [3.05, 3.63) is 45.0 Å². The molecule has 0 unspecified atom stereocenters. The number of ether oxygens (including phenoxy) is 2. The summed E-state index contributed by atoms with van der Waals surface area (Å²) in [5, 5.41) is 0.168. The summed E-state index contributed by atoms with van der Waals surface area (Å²) in [7, 11) is 1.55. The van der Waals surface area contributed by atoms with Crippen molar-refractivity contribution in [2.45, 2.75) is 6.92 Å². The molecular weight excluding hydrogens is 356 g/mol. The van der Waals surface area contributed by atoms with E-state index in [1.54, 1.807) is 38.3 Å². The van der Waals surface area contributed by atoms with E-state index in [0.29, 0.717) is 16.9 Å². The predicted octanol–water partition coefficient (Wildman–Crippen LogP) is 2.42. The van der Waals surface area contributed by atoms with E-state index < -0.39 is 11.5 Å². The fourth-order valence-electron chi connectivity index (χ4n) is 2.68. The van der Waals surface area contributed by atoms with Crippen LogP contribution in [0.4, 0.5) is 5.82 Å². The van der Waals surface area contributed by atoms with E-state index in [1.165, 1.54) is 0 Å². The summed E-state index contributed by atoms with van der Waals surface area (Å²) in [4.78, 5) is 34.5. The molecule has 0 saturated heterocycles. The zero-order valence-corrected chi connectivity index (χ0v) is 14.9. The van der Waals surface area contributed by atoms with Gasteiger partial charge in [-0.15, -0.1) is 0 Å². The van der Waals surface area contributed by atoms with Crippen LogP contribution in [0.3, 0.4) is 0 Å². The van der Waals surface area contributed by atoms with Gasteiger partial charge >= 0.3 is 5.97 Å². The van der Waals surface area contributed by atoms with E-state index in [4.69, 9.17) is 27.4 Å². The third-order valence-electron chi connectivity index (χ3n) is 3.77. The number of benzene rings is 1. The Bertz CT molecular complexity index is 1100. The first kappa shape index (κ1) is 17.6. The van der Waals surface area contributed by atoms with Crippen molar-refractivity contribution in [1.29, 1.82) is 0 Å². The molecule has 134 valence electrons. The van der Waals surface area contributed by atoms with Crippen LogP contribution in [0.25, 0.3) is 22.2 Å². The van der Waals surface area contributed by atoms with Crippen molar-refractivity contribution >= 4 is 35.0 Å². The van der Waals surface area contributed by atoms with E-state index >= 15 is 0 Å². The molecule has 8 nitrogen and oxygen atoms in total. The molecule has 0 fully saturated rings. The van der Waals surface area contributed by atoms with Gasteiger partial charge in [0.25, 0.3) is 5.56 Å². The van der Waals surface area contributed by atoms with Crippen molar-refractivity contribution in [2.24, 2.45) is 0 Å². The topological polar surface area (TPSA) is 123 Å². The lowest BCUT2D eigenvalue weighted by atomic mass is 9.97. The fraction of sp³-hybridized carbons (Fsp3) is 0.176. The third-order valence-corrected chi connectivity index (χ3v) is 3.97. The Kier molecular flexibility index (Phi) is 4.72. The minimum atomic E-state index is -0.660. The molecule has 0 aliphatic rings. The van der Waals surface area contributed by atoms with E-state index in [0.717, 1.165) is 0 Å². The molecule has 0 radical (unpaired) electrons. The van der Waals surface area contributed by atoms with Crippen molar-refractivity contribution in [3.63, 3.8) is 0 Å². The van der Waals surface area contributed by atoms with Crippen LogP contribution >= 0.6 is 12.2 Å². The highest BCUT2D eigenvalue weighted by atomic mass is 32.1. The second-order valence-corrected chi connectivity index (χ2v) is 5.74. The van der Waals surface area contributed by atoms with Gasteiger partial charge in [0.2, 0.25) is 0 Å². The first-order chi connectivity index (χ1) is 12.5. The summed E-state index contributed by atoms with van der Waals surface area (Å²) in [6.45, 7) is 1.84. The number of nitrogens with zero attached hydrogens (tertiary/aromatic N) is 1. The van der Waals surface area contributed by atoms with E-state index in [-0.39, 0.29) is 33.8 Å². The monoisotopic (exact) mass is 372 g/mol.